The van der Waals surface area contributed by atoms with Crippen molar-refractivity contribution < 1.29 is 34.2 Å². The molecule has 0 aromatic carbocycles. The number of hydrogen-bond acceptors (Lipinski definition) is 7. The molecule has 0 saturated heterocycles. The summed E-state index contributed by atoms with van der Waals surface area (Å²) in [6.07, 6.45) is 0. The largest absolute Gasteiger partial charge is 0.394 e. The summed E-state index contributed by atoms with van der Waals surface area (Å²) >= 11 is 0. The molecular formula is C11H28O7. The first kappa shape index (κ1) is 22.9. The van der Waals surface area contributed by atoms with E-state index < -0.39 is 0 Å². The predicted octanol–water partition coefficient (Wildman–Crippen LogP) is 0.417. The average Bonchev–Trinajstić information content (AvgIpc) is 2.33. The molecule has 18 heavy (non-hydrogen) atoms. The Morgan fingerprint density at radius 1 is 0.722 bits per heavy atom. The number of aliphatic hydroxyl groups excluding tert-OH is 1. The normalized spacial score (nSPS) is 9.33. The van der Waals surface area contributed by atoms with Crippen molar-refractivity contribution in [1.82, 2.24) is 0 Å². The average molecular weight is 272 g/mol. The van der Waals surface area contributed by atoms with Crippen LogP contribution in [0.15, 0.2) is 0 Å². The smallest absolute Gasteiger partial charge is 0.0710 e. The highest BCUT2D eigenvalue weighted by Gasteiger charge is 1.90. The Labute approximate surface area is 109 Å². The van der Waals surface area contributed by atoms with Crippen molar-refractivity contribution in [2.75, 3.05) is 67.1 Å². The molecule has 0 aromatic heterocycles. The minimum Gasteiger partial charge on any atom is -0.394 e. The van der Waals surface area contributed by atoms with E-state index in [0.29, 0.717) is 46.2 Å². The van der Waals surface area contributed by atoms with Gasteiger partial charge < -0.3 is 24.1 Å². The first-order valence-electron chi connectivity index (χ1n) is 5.34. The lowest BCUT2D eigenvalue weighted by molar-refractivity contribution is -0.214. The van der Waals surface area contributed by atoms with Crippen LogP contribution in [0.2, 0.25) is 0 Å². The standard InChI is InChI=1S/C9H20O5.CH4O2.CH4/c1-11-4-5-13-8-9-14-7-6-12-3-2-10;1-3-2;/h10H,2-9H2,1H3;2H,1H3;1H4. The van der Waals surface area contributed by atoms with E-state index in [2.05, 4.69) is 4.89 Å². The number of rotatable bonds is 11. The van der Waals surface area contributed by atoms with E-state index >= 15 is 0 Å². The van der Waals surface area contributed by atoms with Gasteiger partial charge in [0, 0.05) is 7.11 Å². The van der Waals surface area contributed by atoms with Crippen LogP contribution in [0.3, 0.4) is 0 Å². The maximum absolute atomic E-state index is 8.39. The van der Waals surface area contributed by atoms with Crippen molar-refractivity contribution in [3.05, 3.63) is 0 Å². The van der Waals surface area contributed by atoms with E-state index in [1.54, 1.807) is 7.11 Å². The molecule has 0 atom stereocenters. The summed E-state index contributed by atoms with van der Waals surface area (Å²) in [7, 11) is 2.82. The number of ether oxygens (including phenoxy) is 4. The summed E-state index contributed by atoms with van der Waals surface area (Å²) < 4.78 is 20.2. The zero-order valence-electron chi connectivity index (χ0n) is 10.6. The molecule has 0 amide bonds. The van der Waals surface area contributed by atoms with Crippen molar-refractivity contribution in [3.63, 3.8) is 0 Å². The fraction of sp³-hybridized carbons (Fsp3) is 1.00. The van der Waals surface area contributed by atoms with Crippen LogP contribution in [0.4, 0.5) is 0 Å². The van der Waals surface area contributed by atoms with E-state index in [9.17, 15) is 0 Å². The molecule has 0 aromatic rings. The number of hydrogen-bond donors (Lipinski definition) is 2. The summed E-state index contributed by atoms with van der Waals surface area (Å²) in [6, 6.07) is 0. The van der Waals surface area contributed by atoms with Crippen molar-refractivity contribution in [1.29, 1.82) is 0 Å². The predicted molar refractivity (Wildman–Crippen MR) is 67.8 cm³/mol. The van der Waals surface area contributed by atoms with Gasteiger partial charge in [-0.1, -0.05) is 7.43 Å². The minimum atomic E-state index is 0. The zero-order valence-corrected chi connectivity index (χ0v) is 10.6. The fourth-order valence-electron chi connectivity index (χ4n) is 0.749. The molecule has 0 bridgehead atoms. The molecule has 0 spiro atoms. The van der Waals surface area contributed by atoms with Gasteiger partial charge in [-0.2, -0.15) is 0 Å². The van der Waals surface area contributed by atoms with Crippen molar-refractivity contribution >= 4 is 0 Å². The highest BCUT2D eigenvalue weighted by molar-refractivity contribution is 4.33. The third-order valence-electron chi connectivity index (χ3n) is 1.41. The maximum Gasteiger partial charge on any atom is 0.0710 e. The number of aliphatic hydroxyl groups is 1. The molecule has 0 fully saturated rings. The molecule has 0 saturated carbocycles. The highest BCUT2D eigenvalue weighted by atomic mass is 17.1. The lowest BCUT2D eigenvalue weighted by atomic mass is 10.7. The monoisotopic (exact) mass is 272 g/mol. The van der Waals surface area contributed by atoms with Gasteiger partial charge in [-0.3, -0.25) is 5.26 Å². The summed E-state index contributed by atoms with van der Waals surface area (Å²) in [6.45, 7) is 3.82. The molecule has 114 valence electrons. The van der Waals surface area contributed by atoms with Gasteiger partial charge in [0.1, 0.15) is 0 Å². The van der Waals surface area contributed by atoms with Gasteiger partial charge in [-0.25, -0.2) is 4.89 Å². The Bertz CT molecular complexity index is 102. The quantitative estimate of drug-likeness (QED) is 0.320. The van der Waals surface area contributed by atoms with Crippen LogP contribution >= 0.6 is 0 Å². The van der Waals surface area contributed by atoms with E-state index in [0.717, 1.165) is 0 Å². The summed E-state index contributed by atoms with van der Waals surface area (Å²) in [4.78, 5) is 3.25. The Morgan fingerprint density at radius 3 is 1.39 bits per heavy atom. The van der Waals surface area contributed by atoms with Crippen molar-refractivity contribution in [2.45, 2.75) is 7.43 Å². The first-order chi connectivity index (χ1) is 8.33. The molecule has 0 aliphatic carbocycles. The second kappa shape index (κ2) is 25.5. The van der Waals surface area contributed by atoms with Gasteiger partial charge in [0.2, 0.25) is 0 Å². The van der Waals surface area contributed by atoms with Crippen LogP contribution in [0.5, 0.6) is 0 Å². The summed E-state index contributed by atoms with van der Waals surface area (Å²) in [5.41, 5.74) is 0. The third-order valence-corrected chi connectivity index (χ3v) is 1.41. The molecule has 0 unspecified atom stereocenters. The molecule has 0 heterocycles. The van der Waals surface area contributed by atoms with Gasteiger partial charge in [-0.15, -0.1) is 0 Å². The molecule has 0 aliphatic rings. The van der Waals surface area contributed by atoms with Crippen LogP contribution in [0.25, 0.3) is 0 Å². The van der Waals surface area contributed by atoms with Crippen LogP contribution < -0.4 is 0 Å². The molecule has 0 radical (unpaired) electrons. The lowest BCUT2D eigenvalue weighted by Crippen LogP contribution is -2.12. The molecule has 0 aliphatic heterocycles. The van der Waals surface area contributed by atoms with E-state index in [1.807, 2.05) is 0 Å². The second-order valence-corrected chi connectivity index (χ2v) is 2.74. The minimum absolute atomic E-state index is 0. The van der Waals surface area contributed by atoms with Gasteiger partial charge >= 0.3 is 0 Å². The third kappa shape index (κ3) is 29.6. The van der Waals surface area contributed by atoms with Gasteiger partial charge in [0.05, 0.1) is 60.0 Å². The van der Waals surface area contributed by atoms with Gasteiger partial charge in [0.15, 0.2) is 0 Å². The Morgan fingerprint density at radius 2 is 1.06 bits per heavy atom. The highest BCUT2D eigenvalue weighted by Crippen LogP contribution is 1.81. The van der Waals surface area contributed by atoms with Gasteiger partial charge in [-0.05, 0) is 0 Å². The Kier molecular flexibility index (Phi) is 32.4. The molecular weight excluding hydrogens is 244 g/mol. The zero-order chi connectivity index (χ0) is 13.2. The lowest BCUT2D eigenvalue weighted by Gasteiger charge is -2.05. The van der Waals surface area contributed by atoms with Crippen molar-refractivity contribution in [3.8, 4) is 0 Å². The molecule has 0 rings (SSSR count). The van der Waals surface area contributed by atoms with Crippen LogP contribution in [0.1, 0.15) is 7.43 Å². The number of methoxy groups -OCH3 is 1. The first-order valence-corrected chi connectivity index (χ1v) is 5.34. The SMILES string of the molecule is C.COCCOCCOCCOCCO.COO. The van der Waals surface area contributed by atoms with Gasteiger partial charge in [0.25, 0.3) is 0 Å². The Balaban J connectivity index is -0.000000507. The molecule has 7 heteroatoms. The van der Waals surface area contributed by atoms with E-state index in [1.165, 1.54) is 7.11 Å². The second-order valence-electron chi connectivity index (χ2n) is 2.74. The maximum atomic E-state index is 8.39. The van der Waals surface area contributed by atoms with E-state index in [-0.39, 0.29) is 14.0 Å². The fourth-order valence-corrected chi connectivity index (χ4v) is 0.749. The van der Waals surface area contributed by atoms with Crippen LogP contribution in [-0.2, 0) is 23.8 Å². The van der Waals surface area contributed by atoms with E-state index in [4.69, 9.17) is 29.3 Å². The Hall–Kier alpha value is -0.280. The van der Waals surface area contributed by atoms with Crippen LogP contribution in [0, 0.1) is 0 Å². The molecule has 7 nitrogen and oxygen atoms in total. The summed E-state index contributed by atoms with van der Waals surface area (Å²) in [5, 5.41) is 15.5. The summed E-state index contributed by atoms with van der Waals surface area (Å²) in [5.74, 6) is 0. The topological polar surface area (TPSA) is 86.6 Å². The van der Waals surface area contributed by atoms with Crippen LogP contribution in [-0.4, -0.2) is 77.4 Å². The van der Waals surface area contributed by atoms with Crippen molar-refractivity contribution in [2.24, 2.45) is 0 Å². The molecule has 2 N–H and O–H groups in total.